The van der Waals surface area contributed by atoms with E-state index in [2.05, 4.69) is 22.5 Å². The van der Waals surface area contributed by atoms with Gasteiger partial charge in [0, 0.05) is 4.47 Å². The zero-order valence-corrected chi connectivity index (χ0v) is 17.4. The number of halogens is 2. The smallest absolute Gasteiger partial charge is 0.270 e. The van der Waals surface area contributed by atoms with Crippen molar-refractivity contribution in [1.82, 2.24) is 0 Å². The molecule has 132 valence electrons. The molecule has 0 radical (unpaired) electrons. The van der Waals surface area contributed by atoms with Gasteiger partial charge in [0.25, 0.3) is 5.91 Å². The first-order chi connectivity index (χ1) is 12.5. The normalized spacial score (nSPS) is 15.6. The van der Waals surface area contributed by atoms with Crippen molar-refractivity contribution in [2.24, 2.45) is 0 Å². The van der Waals surface area contributed by atoms with E-state index in [9.17, 15) is 4.79 Å². The lowest BCUT2D eigenvalue weighted by Crippen LogP contribution is -2.27. The third-order valence-electron chi connectivity index (χ3n) is 3.48. The number of rotatable bonds is 5. The summed E-state index contributed by atoms with van der Waals surface area (Å²) in [6.45, 7) is 4.06. The highest BCUT2D eigenvalue weighted by Crippen LogP contribution is 2.38. The second-order valence-corrected chi connectivity index (χ2v) is 8.23. The number of carbonyl (C=O) groups is 1. The predicted octanol–water partition coefficient (Wildman–Crippen LogP) is 6.07. The molecule has 0 aromatic heterocycles. The van der Waals surface area contributed by atoms with Gasteiger partial charge in [-0.05, 0) is 57.9 Å². The summed E-state index contributed by atoms with van der Waals surface area (Å²) in [6, 6.07) is 12.8. The fourth-order valence-electron chi connectivity index (χ4n) is 2.32. The van der Waals surface area contributed by atoms with Crippen molar-refractivity contribution >= 4 is 73.5 Å². The van der Waals surface area contributed by atoms with E-state index in [-0.39, 0.29) is 5.91 Å². The summed E-state index contributed by atoms with van der Waals surface area (Å²) in [5.41, 5.74) is 1.51. The highest BCUT2D eigenvalue weighted by atomic mass is 79.9. The van der Waals surface area contributed by atoms with Gasteiger partial charge in [-0.3, -0.25) is 9.69 Å². The second kappa shape index (κ2) is 8.39. The van der Waals surface area contributed by atoms with Crippen LogP contribution in [0.15, 0.2) is 64.5 Å². The monoisotopic (exact) mass is 465 g/mol. The lowest BCUT2D eigenvalue weighted by molar-refractivity contribution is -0.113. The molecule has 1 aliphatic heterocycles. The molecule has 2 aromatic carbocycles. The molecule has 0 atom stereocenters. The molecule has 0 aliphatic carbocycles. The van der Waals surface area contributed by atoms with E-state index < -0.39 is 0 Å². The van der Waals surface area contributed by atoms with Crippen molar-refractivity contribution in [2.75, 3.05) is 11.5 Å². The van der Waals surface area contributed by atoms with Gasteiger partial charge in [0.2, 0.25) is 0 Å². The van der Waals surface area contributed by atoms with E-state index in [4.69, 9.17) is 28.6 Å². The molecule has 26 heavy (non-hydrogen) atoms. The molecule has 0 saturated carbocycles. The van der Waals surface area contributed by atoms with E-state index >= 15 is 0 Å². The number of thiocarbonyl (C=S) groups is 1. The Morgan fingerprint density at radius 3 is 2.85 bits per heavy atom. The van der Waals surface area contributed by atoms with Crippen LogP contribution in [0.5, 0.6) is 5.75 Å². The highest BCUT2D eigenvalue weighted by molar-refractivity contribution is 9.10. The lowest BCUT2D eigenvalue weighted by atomic mass is 10.2. The van der Waals surface area contributed by atoms with Crippen LogP contribution in [0.1, 0.15) is 5.56 Å². The number of thioether (sulfide) groups is 1. The zero-order chi connectivity index (χ0) is 18.7. The minimum atomic E-state index is -0.171. The van der Waals surface area contributed by atoms with E-state index in [1.807, 2.05) is 24.3 Å². The number of ether oxygens (including phenoxy) is 1. The molecule has 3 nitrogen and oxygen atoms in total. The Kier molecular flexibility index (Phi) is 6.19. The quantitative estimate of drug-likeness (QED) is 0.304. The van der Waals surface area contributed by atoms with Gasteiger partial charge < -0.3 is 4.74 Å². The molecule has 1 saturated heterocycles. The van der Waals surface area contributed by atoms with Crippen LogP contribution in [-0.2, 0) is 4.79 Å². The molecule has 1 amide bonds. The first-order valence-corrected chi connectivity index (χ1v) is 9.96. The highest BCUT2D eigenvalue weighted by Gasteiger charge is 2.33. The third-order valence-corrected chi connectivity index (χ3v) is 6.01. The Balaban J connectivity index is 1.87. The van der Waals surface area contributed by atoms with Gasteiger partial charge in [-0.15, -0.1) is 0 Å². The second-order valence-electron chi connectivity index (χ2n) is 5.29. The first kappa shape index (κ1) is 19.2. The maximum Gasteiger partial charge on any atom is 0.270 e. The van der Waals surface area contributed by atoms with Crippen LogP contribution in [0.25, 0.3) is 6.08 Å². The average molecular weight is 467 g/mol. The van der Waals surface area contributed by atoms with Crippen molar-refractivity contribution in [2.45, 2.75) is 0 Å². The molecule has 2 aromatic rings. The molecule has 0 unspecified atom stereocenters. The molecule has 3 rings (SSSR count). The molecule has 0 N–H and O–H groups in total. The standard InChI is InChI=1S/C19H13BrClNO2S2/c1-2-8-24-14-5-3-4-12(9-14)10-17-18(23)22(19(25)26-17)13-6-7-15(20)16(21)11-13/h2-7,9-11H,1,8H2/b17-10+. The number of benzene rings is 2. The van der Waals surface area contributed by atoms with Crippen LogP contribution in [0.4, 0.5) is 5.69 Å². The molecule has 1 heterocycles. The number of anilines is 1. The summed E-state index contributed by atoms with van der Waals surface area (Å²) in [4.78, 5) is 14.9. The number of amides is 1. The van der Waals surface area contributed by atoms with Crippen molar-refractivity contribution in [3.8, 4) is 5.75 Å². The first-order valence-electron chi connectivity index (χ1n) is 7.56. The van der Waals surface area contributed by atoms with Crippen LogP contribution < -0.4 is 9.64 Å². The maximum atomic E-state index is 12.8. The van der Waals surface area contributed by atoms with Gasteiger partial charge in [0.15, 0.2) is 4.32 Å². The van der Waals surface area contributed by atoms with Crippen LogP contribution >= 0.6 is 51.5 Å². The number of nitrogens with zero attached hydrogens (tertiary/aromatic N) is 1. The van der Waals surface area contributed by atoms with E-state index in [0.29, 0.717) is 32.3 Å². The Morgan fingerprint density at radius 1 is 1.31 bits per heavy atom. The fourth-order valence-corrected chi connectivity index (χ4v) is 4.04. The SMILES string of the molecule is C=CCOc1cccc(/C=C2/SC(=S)N(c3ccc(Br)c(Cl)c3)C2=O)c1. The number of hydrogen-bond donors (Lipinski definition) is 0. The Hall–Kier alpha value is -1.60. The molecule has 7 heteroatoms. The summed E-state index contributed by atoms with van der Waals surface area (Å²) in [5, 5.41) is 0.521. The Morgan fingerprint density at radius 2 is 2.12 bits per heavy atom. The molecule has 0 bridgehead atoms. The summed E-state index contributed by atoms with van der Waals surface area (Å²) in [5.74, 6) is 0.546. The molecule has 1 fully saturated rings. The van der Waals surface area contributed by atoms with Crippen LogP contribution in [-0.4, -0.2) is 16.8 Å². The van der Waals surface area contributed by atoms with Crippen molar-refractivity contribution in [1.29, 1.82) is 0 Å². The van der Waals surface area contributed by atoms with Crippen molar-refractivity contribution < 1.29 is 9.53 Å². The molecular weight excluding hydrogens is 454 g/mol. The van der Waals surface area contributed by atoms with Gasteiger partial charge in [-0.1, -0.05) is 60.4 Å². The van der Waals surface area contributed by atoms with Gasteiger partial charge in [-0.2, -0.15) is 0 Å². The van der Waals surface area contributed by atoms with Crippen LogP contribution in [0, 0.1) is 0 Å². The lowest BCUT2D eigenvalue weighted by Gasteiger charge is -2.15. The Labute approximate surface area is 174 Å². The molecule has 0 spiro atoms. The maximum absolute atomic E-state index is 12.8. The summed E-state index contributed by atoms with van der Waals surface area (Å²) < 4.78 is 6.76. The number of carbonyl (C=O) groups excluding carboxylic acids is 1. The summed E-state index contributed by atoms with van der Waals surface area (Å²) >= 11 is 16.1. The van der Waals surface area contributed by atoms with E-state index in [1.54, 1.807) is 30.4 Å². The van der Waals surface area contributed by atoms with Crippen LogP contribution in [0.2, 0.25) is 5.02 Å². The van der Waals surface area contributed by atoms with Gasteiger partial charge in [-0.25, -0.2) is 0 Å². The van der Waals surface area contributed by atoms with Gasteiger partial charge >= 0.3 is 0 Å². The predicted molar refractivity (Wildman–Crippen MR) is 117 cm³/mol. The summed E-state index contributed by atoms with van der Waals surface area (Å²) in [7, 11) is 0. The minimum absolute atomic E-state index is 0.171. The van der Waals surface area contributed by atoms with Crippen molar-refractivity contribution in [3.05, 3.63) is 75.1 Å². The zero-order valence-electron chi connectivity index (χ0n) is 13.4. The number of hydrogen-bond acceptors (Lipinski definition) is 4. The largest absolute Gasteiger partial charge is 0.490 e. The fraction of sp³-hybridized carbons (Fsp3) is 0.0526. The summed E-state index contributed by atoms with van der Waals surface area (Å²) in [6.07, 6.45) is 3.49. The average Bonchev–Trinajstić information content (AvgIpc) is 2.89. The Bertz CT molecular complexity index is 930. The van der Waals surface area contributed by atoms with Gasteiger partial charge in [0.1, 0.15) is 12.4 Å². The van der Waals surface area contributed by atoms with Crippen molar-refractivity contribution in [3.63, 3.8) is 0 Å². The molecular formula is C19H13BrClNO2S2. The van der Waals surface area contributed by atoms with Crippen LogP contribution in [0.3, 0.4) is 0 Å². The topological polar surface area (TPSA) is 29.5 Å². The minimum Gasteiger partial charge on any atom is -0.490 e. The van der Waals surface area contributed by atoms with Gasteiger partial charge in [0.05, 0.1) is 15.6 Å². The third kappa shape index (κ3) is 4.20. The molecule has 1 aliphatic rings. The van der Waals surface area contributed by atoms with E-state index in [1.165, 1.54) is 16.7 Å². The van der Waals surface area contributed by atoms with E-state index in [0.717, 1.165) is 10.0 Å².